The fourth-order valence-corrected chi connectivity index (χ4v) is 3.23. The van der Waals surface area contributed by atoms with Gasteiger partial charge in [-0.2, -0.15) is 0 Å². The summed E-state index contributed by atoms with van der Waals surface area (Å²) in [5, 5.41) is 8.59. The predicted octanol–water partition coefficient (Wildman–Crippen LogP) is 2.09. The topological polar surface area (TPSA) is 84.8 Å². The number of ether oxygens (including phenoxy) is 1. The molecule has 8 heteroatoms. The average molecular weight is 356 g/mol. The van der Waals surface area contributed by atoms with Crippen molar-refractivity contribution in [3.8, 4) is 5.75 Å². The number of carbonyl (C=O) groups is 1. The number of aryl methyl sites for hydroxylation is 1. The number of fused-ring (bicyclic) bond motifs is 1. The number of amides is 1. The Labute approximate surface area is 150 Å². The van der Waals surface area contributed by atoms with Crippen LogP contribution < -0.4 is 4.74 Å². The molecule has 0 N–H and O–H groups in total. The average Bonchev–Trinajstić information content (AvgIpc) is 3.30. The van der Waals surface area contributed by atoms with Crippen molar-refractivity contribution in [2.45, 2.75) is 13.5 Å². The molecule has 1 amide bonds. The number of hydrogen-bond acceptors (Lipinski definition) is 7. The molecule has 0 radical (unpaired) electrons. The van der Waals surface area contributed by atoms with Gasteiger partial charge in [0, 0.05) is 38.3 Å². The summed E-state index contributed by atoms with van der Waals surface area (Å²) >= 11 is 0. The van der Waals surface area contributed by atoms with Gasteiger partial charge >= 0.3 is 0 Å². The first-order chi connectivity index (χ1) is 12.7. The van der Waals surface area contributed by atoms with E-state index in [1.165, 1.54) is 0 Å². The molecule has 3 aromatic rings. The molecule has 1 aromatic carbocycles. The minimum absolute atomic E-state index is 0.0134. The van der Waals surface area contributed by atoms with Crippen LogP contribution in [0.3, 0.4) is 0 Å². The molecule has 4 rings (SSSR count). The third-order valence-corrected chi connectivity index (χ3v) is 4.78. The highest BCUT2D eigenvalue weighted by atomic mass is 16.6. The van der Waals surface area contributed by atoms with E-state index >= 15 is 0 Å². The lowest BCUT2D eigenvalue weighted by molar-refractivity contribution is 0.0625. The Hall–Kier alpha value is -2.87. The Balaban J connectivity index is 1.44. The molecule has 1 saturated heterocycles. The summed E-state index contributed by atoms with van der Waals surface area (Å²) in [6, 6.07) is 5.38. The molecule has 8 nitrogen and oxygen atoms in total. The summed E-state index contributed by atoms with van der Waals surface area (Å²) < 4.78 is 15.6. The van der Waals surface area contributed by atoms with Crippen molar-refractivity contribution in [1.29, 1.82) is 0 Å². The van der Waals surface area contributed by atoms with E-state index in [4.69, 9.17) is 13.8 Å². The van der Waals surface area contributed by atoms with Gasteiger partial charge in [0.15, 0.2) is 0 Å². The third-order valence-electron chi connectivity index (χ3n) is 4.78. The zero-order valence-corrected chi connectivity index (χ0v) is 14.8. The monoisotopic (exact) mass is 356 g/mol. The van der Waals surface area contributed by atoms with Gasteiger partial charge in [-0.3, -0.25) is 9.69 Å². The van der Waals surface area contributed by atoms with Gasteiger partial charge in [-0.1, -0.05) is 10.3 Å². The Morgan fingerprint density at radius 2 is 2.04 bits per heavy atom. The minimum atomic E-state index is -0.0134. The fourth-order valence-electron chi connectivity index (χ4n) is 3.23. The largest absolute Gasteiger partial charge is 0.496 e. The summed E-state index contributed by atoms with van der Waals surface area (Å²) in [4.78, 5) is 17.0. The quantitative estimate of drug-likeness (QED) is 0.707. The summed E-state index contributed by atoms with van der Waals surface area (Å²) in [5.74, 6) is 0.632. The molecule has 26 heavy (non-hydrogen) atoms. The first kappa shape index (κ1) is 16.6. The van der Waals surface area contributed by atoms with E-state index in [2.05, 4.69) is 15.2 Å². The number of rotatable bonds is 4. The van der Waals surface area contributed by atoms with E-state index in [0.717, 1.165) is 29.9 Å². The Morgan fingerprint density at radius 1 is 1.23 bits per heavy atom. The summed E-state index contributed by atoms with van der Waals surface area (Å²) in [6.45, 7) is 5.42. The molecule has 0 aliphatic carbocycles. The van der Waals surface area contributed by atoms with Gasteiger partial charge in [0.1, 0.15) is 22.7 Å². The van der Waals surface area contributed by atoms with Crippen LogP contribution in [0.5, 0.6) is 5.75 Å². The van der Waals surface area contributed by atoms with Gasteiger partial charge in [0.25, 0.3) is 5.91 Å². The lowest BCUT2D eigenvalue weighted by Gasteiger charge is -2.34. The van der Waals surface area contributed by atoms with E-state index in [0.29, 0.717) is 36.5 Å². The maximum Gasteiger partial charge on any atom is 0.254 e. The minimum Gasteiger partial charge on any atom is -0.496 e. The molecule has 2 aromatic heterocycles. The third kappa shape index (κ3) is 3.03. The van der Waals surface area contributed by atoms with Crippen molar-refractivity contribution in [3.63, 3.8) is 0 Å². The molecule has 0 bridgehead atoms. The van der Waals surface area contributed by atoms with Crippen molar-refractivity contribution >= 4 is 16.9 Å². The van der Waals surface area contributed by atoms with Crippen molar-refractivity contribution < 1.29 is 18.6 Å². The highest BCUT2D eigenvalue weighted by Crippen LogP contribution is 2.29. The lowest BCUT2D eigenvalue weighted by Crippen LogP contribution is -2.48. The molecule has 136 valence electrons. The Kier molecular flexibility index (Phi) is 4.34. The normalized spacial score (nSPS) is 15.5. The number of piperazine rings is 1. The molecular weight excluding hydrogens is 336 g/mol. The number of aromatic nitrogens is 2. The molecular formula is C18H20N4O4. The van der Waals surface area contributed by atoms with E-state index in [1.807, 2.05) is 17.9 Å². The molecule has 0 saturated carbocycles. The van der Waals surface area contributed by atoms with Gasteiger partial charge in [-0.25, -0.2) is 4.63 Å². The molecule has 1 aliphatic rings. The maximum absolute atomic E-state index is 12.9. The van der Waals surface area contributed by atoms with Gasteiger partial charge < -0.3 is 14.1 Å². The van der Waals surface area contributed by atoms with Crippen LogP contribution in [-0.4, -0.2) is 59.3 Å². The zero-order chi connectivity index (χ0) is 18.1. The first-order valence-corrected chi connectivity index (χ1v) is 8.50. The van der Waals surface area contributed by atoms with Gasteiger partial charge in [0.2, 0.25) is 0 Å². The second-order valence-electron chi connectivity index (χ2n) is 6.38. The number of furan rings is 1. The van der Waals surface area contributed by atoms with Crippen LogP contribution in [0.15, 0.2) is 33.5 Å². The van der Waals surface area contributed by atoms with Crippen LogP contribution in [0.25, 0.3) is 11.0 Å². The number of benzene rings is 1. The van der Waals surface area contributed by atoms with Crippen LogP contribution in [0.4, 0.5) is 0 Å². The molecule has 0 unspecified atom stereocenters. The van der Waals surface area contributed by atoms with Crippen LogP contribution >= 0.6 is 0 Å². The molecule has 0 atom stereocenters. The molecule has 0 spiro atoms. The van der Waals surface area contributed by atoms with Crippen molar-refractivity contribution in [3.05, 3.63) is 41.4 Å². The number of carbonyl (C=O) groups excluding carboxylic acids is 1. The SMILES string of the molecule is COc1cc(C(=O)N2CCN(Cc3nonc3C)CC2)cc2occc12. The lowest BCUT2D eigenvalue weighted by atomic mass is 10.1. The van der Waals surface area contributed by atoms with Crippen molar-refractivity contribution in [2.75, 3.05) is 33.3 Å². The van der Waals surface area contributed by atoms with Gasteiger partial charge in [-0.15, -0.1) is 0 Å². The summed E-state index contributed by atoms with van der Waals surface area (Å²) in [6.07, 6.45) is 1.60. The van der Waals surface area contributed by atoms with E-state index in [1.54, 1.807) is 25.5 Å². The van der Waals surface area contributed by atoms with Crippen molar-refractivity contribution in [2.24, 2.45) is 0 Å². The maximum atomic E-state index is 12.9. The molecule has 1 fully saturated rings. The van der Waals surface area contributed by atoms with E-state index in [9.17, 15) is 4.79 Å². The first-order valence-electron chi connectivity index (χ1n) is 8.50. The van der Waals surface area contributed by atoms with E-state index < -0.39 is 0 Å². The fraction of sp³-hybridized carbons (Fsp3) is 0.389. The van der Waals surface area contributed by atoms with Gasteiger partial charge in [-0.05, 0) is 25.1 Å². The number of methoxy groups -OCH3 is 1. The Bertz CT molecular complexity index is 924. The smallest absolute Gasteiger partial charge is 0.254 e. The van der Waals surface area contributed by atoms with E-state index in [-0.39, 0.29) is 5.91 Å². The highest BCUT2D eigenvalue weighted by molar-refractivity contribution is 5.99. The van der Waals surface area contributed by atoms with Crippen LogP contribution in [0, 0.1) is 6.92 Å². The predicted molar refractivity (Wildman–Crippen MR) is 93.0 cm³/mol. The summed E-state index contributed by atoms with van der Waals surface area (Å²) in [7, 11) is 1.59. The summed E-state index contributed by atoms with van der Waals surface area (Å²) in [5.41, 5.74) is 2.88. The Morgan fingerprint density at radius 3 is 2.73 bits per heavy atom. The van der Waals surface area contributed by atoms with Gasteiger partial charge in [0.05, 0.1) is 18.8 Å². The molecule has 3 heterocycles. The van der Waals surface area contributed by atoms with Crippen LogP contribution in [-0.2, 0) is 6.54 Å². The second kappa shape index (κ2) is 6.80. The van der Waals surface area contributed by atoms with Crippen molar-refractivity contribution in [1.82, 2.24) is 20.1 Å². The number of hydrogen-bond donors (Lipinski definition) is 0. The molecule has 1 aliphatic heterocycles. The van der Waals surface area contributed by atoms with Crippen LogP contribution in [0.1, 0.15) is 21.7 Å². The second-order valence-corrected chi connectivity index (χ2v) is 6.38. The standard InChI is InChI=1S/C18H20N4O4/c1-12-15(20-26-19-12)11-21-4-6-22(7-5-21)18(23)13-9-16(24-2)14-3-8-25-17(14)10-13/h3,8-10H,4-7,11H2,1-2H3. The zero-order valence-electron chi connectivity index (χ0n) is 14.8. The van der Waals surface area contributed by atoms with Crippen LogP contribution in [0.2, 0.25) is 0 Å². The number of nitrogens with zero attached hydrogens (tertiary/aromatic N) is 4. The highest BCUT2D eigenvalue weighted by Gasteiger charge is 2.24.